The molecule has 0 saturated heterocycles. The molecule has 0 aromatic carbocycles. The molecule has 0 radical (unpaired) electrons. The molecule has 0 bridgehead atoms. The fraction of sp³-hybridized carbons (Fsp3) is 0.455. The van der Waals surface area contributed by atoms with Gasteiger partial charge in [-0.2, -0.15) is 13.2 Å². The Hall–Kier alpha value is -1.59. The molecular weight excluding hydrogens is 235 g/mol. The molecule has 1 aliphatic carbocycles. The van der Waals surface area contributed by atoms with Crippen LogP contribution in [0.2, 0.25) is 0 Å². The van der Waals surface area contributed by atoms with Crippen LogP contribution in [0.1, 0.15) is 28.9 Å². The number of hydrogen-bond acceptors (Lipinski definition) is 3. The van der Waals surface area contributed by atoms with Crippen molar-refractivity contribution in [3.05, 3.63) is 29.6 Å². The van der Waals surface area contributed by atoms with Crippen LogP contribution in [-0.2, 0) is 10.2 Å². The molecule has 1 aromatic rings. The van der Waals surface area contributed by atoms with Gasteiger partial charge in [-0.05, 0) is 24.5 Å². The molecule has 1 aromatic heterocycles. The second-order valence-corrected chi connectivity index (χ2v) is 4.00. The van der Waals surface area contributed by atoms with E-state index in [9.17, 15) is 18.0 Å². The van der Waals surface area contributed by atoms with Gasteiger partial charge in [0.15, 0.2) is 0 Å². The van der Waals surface area contributed by atoms with Crippen molar-refractivity contribution in [1.29, 1.82) is 0 Å². The van der Waals surface area contributed by atoms with Gasteiger partial charge in [-0.15, -0.1) is 0 Å². The number of nitrogens with zero attached hydrogens (tertiary/aromatic N) is 1. The number of halogens is 3. The summed E-state index contributed by atoms with van der Waals surface area (Å²) in [6.45, 7) is 0. The van der Waals surface area contributed by atoms with E-state index in [0.717, 1.165) is 6.20 Å². The average molecular weight is 245 g/mol. The summed E-state index contributed by atoms with van der Waals surface area (Å²) in [6.07, 6.45) is -3.00. The second-order valence-electron chi connectivity index (χ2n) is 4.00. The van der Waals surface area contributed by atoms with Gasteiger partial charge in [0.05, 0.1) is 12.5 Å². The lowest BCUT2D eigenvalue weighted by molar-refractivity contribution is -0.160. The van der Waals surface area contributed by atoms with Gasteiger partial charge < -0.3 is 4.74 Å². The summed E-state index contributed by atoms with van der Waals surface area (Å²) in [7, 11) is 1.19. The quantitative estimate of drug-likeness (QED) is 0.751. The maximum absolute atomic E-state index is 12.8. The number of alkyl halides is 3. The van der Waals surface area contributed by atoms with Crippen LogP contribution in [-0.4, -0.2) is 24.2 Å². The summed E-state index contributed by atoms with van der Waals surface area (Å²) < 4.78 is 42.8. The molecule has 1 heterocycles. The van der Waals surface area contributed by atoms with Gasteiger partial charge in [0.2, 0.25) is 0 Å². The van der Waals surface area contributed by atoms with Crippen LogP contribution in [0.25, 0.3) is 0 Å². The highest BCUT2D eigenvalue weighted by molar-refractivity contribution is 5.87. The Morgan fingerprint density at radius 1 is 1.41 bits per heavy atom. The topological polar surface area (TPSA) is 39.2 Å². The smallest absolute Gasteiger partial charge is 0.398 e. The first-order valence-electron chi connectivity index (χ1n) is 5.02. The Morgan fingerprint density at radius 3 is 2.41 bits per heavy atom. The van der Waals surface area contributed by atoms with Gasteiger partial charge in [0.1, 0.15) is 5.69 Å². The number of carbonyl (C=O) groups excluding carboxylic acids is 1. The number of carbonyl (C=O) groups is 1. The molecule has 17 heavy (non-hydrogen) atoms. The van der Waals surface area contributed by atoms with Crippen LogP contribution in [0.4, 0.5) is 13.2 Å². The van der Waals surface area contributed by atoms with Gasteiger partial charge in [-0.1, -0.05) is 6.07 Å². The van der Waals surface area contributed by atoms with Crippen molar-refractivity contribution in [2.24, 2.45) is 0 Å². The number of methoxy groups -OCH3 is 1. The summed E-state index contributed by atoms with van der Waals surface area (Å²) in [4.78, 5) is 14.8. The maximum Gasteiger partial charge on any atom is 0.398 e. The highest BCUT2D eigenvalue weighted by Gasteiger charge is 2.64. The summed E-state index contributed by atoms with van der Waals surface area (Å²) in [5, 5.41) is 0. The predicted octanol–water partition coefficient (Wildman–Crippen LogP) is 2.46. The number of pyridine rings is 1. The zero-order valence-corrected chi connectivity index (χ0v) is 9.04. The highest BCUT2D eigenvalue weighted by atomic mass is 19.4. The minimum Gasteiger partial charge on any atom is -0.464 e. The third kappa shape index (κ3) is 1.87. The van der Waals surface area contributed by atoms with Crippen molar-refractivity contribution in [2.45, 2.75) is 24.4 Å². The second kappa shape index (κ2) is 3.72. The Kier molecular flexibility index (Phi) is 2.60. The Bertz CT molecular complexity index is 435. The van der Waals surface area contributed by atoms with Crippen molar-refractivity contribution in [2.75, 3.05) is 7.11 Å². The molecular formula is C11H10F3NO2. The Balaban J connectivity index is 2.28. The summed E-state index contributed by atoms with van der Waals surface area (Å²) in [5.74, 6) is -0.659. The molecule has 3 nitrogen and oxygen atoms in total. The minimum atomic E-state index is -4.26. The van der Waals surface area contributed by atoms with Gasteiger partial charge in [-0.3, -0.25) is 0 Å². The molecule has 0 atom stereocenters. The molecule has 0 unspecified atom stereocenters. The predicted molar refractivity (Wildman–Crippen MR) is 52.5 cm³/mol. The van der Waals surface area contributed by atoms with Gasteiger partial charge in [0.25, 0.3) is 0 Å². The molecule has 0 spiro atoms. The van der Waals surface area contributed by atoms with E-state index >= 15 is 0 Å². The van der Waals surface area contributed by atoms with E-state index in [0.29, 0.717) is 0 Å². The van der Waals surface area contributed by atoms with Crippen molar-refractivity contribution in [3.63, 3.8) is 0 Å². The number of aromatic nitrogens is 1. The Labute approximate surface area is 95.6 Å². The van der Waals surface area contributed by atoms with Crippen molar-refractivity contribution < 1.29 is 22.7 Å². The zero-order chi connectivity index (χ0) is 12.7. The van der Waals surface area contributed by atoms with Gasteiger partial charge >= 0.3 is 12.1 Å². The van der Waals surface area contributed by atoms with E-state index < -0.39 is 17.6 Å². The monoisotopic (exact) mass is 245 g/mol. The number of hydrogen-bond donors (Lipinski definition) is 0. The fourth-order valence-corrected chi connectivity index (χ4v) is 1.76. The first kappa shape index (κ1) is 11.9. The lowest BCUT2D eigenvalue weighted by Gasteiger charge is -2.19. The molecule has 92 valence electrons. The third-order valence-corrected chi connectivity index (χ3v) is 3.00. The number of rotatable bonds is 2. The van der Waals surface area contributed by atoms with Crippen LogP contribution >= 0.6 is 0 Å². The first-order valence-corrected chi connectivity index (χ1v) is 5.02. The summed E-state index contributed by atoms with van der Waals surface area (Å²) in [5.41, 5.74) is -1.64. The van der Waals surface area contributed by atoms with Crippen LogP contribution < -0.4 is 0 Å². The number of esters is 1. The van der Waals surface area contributed by atoms with Crippen LogP contribution in [0.3, 0.4) is 0 Å². The van der Waals surface area contributed by atoms with Crippen LogP contribution in [0.15, 0.2) is 18.3 Å². The normalized spacial score (nSPS) is 17.6. The molecule has 1 fully saturated rings. The van der Waals surface area contributed by atoms with Crippen molar-refractivity contribution in [1.82, 2.24) is 4.98 Å². The van der Waals surface area contributed by atoms with Crippen molar-refractivity contribution in [3.8, 4) is 0 Å². The molecule has 0 aliphatic heterocycles. The molecule has 0 N–H and O–H groups in total. The summed E-state index contributed by atoms with van der Waals surface area (Å²) >= 11 is 0. The third-order valence-electron chi connectivity index (χ3n) is 3.00. The SMILES string of the molecule is COC(=O)c1ccc(C2(C(F)(F)F)CC2)cn1. The molecule has 1 saturated carbocycles. The van der Waals surface area contributed by atoms with E-state index in [1.165, 1.54) is 19.2 Å². The molecule has 1 aliphatic rings. The fourth-order valence-electron chi connectivity index (χ4n) is 1.76. The lowest BCUT2D eigenvalue weighted by Crippen LogP contribution is -2.28. The van der Waals surface area contributed by atoms with Crippen LogP contribution in [0, 0.1) is 0 Å². The van der Waals surface area contributed by atoms with E-state index in [2.05, 4.69) is 9.72 Å². The molecule has 6 heteroatoms. The van der Waals surface area contributed by atoms with E-state index in [1.54, 1.807) is 0 Å². The molecule has 0 amide bonds. The highest BCUT2D eigenvalue weighted by Crippen LogP contribution is 2.58. The maximum atomic E-state index is 12.8. The number of ether oxygens (including phenoxy) is 1. The minimum absolute atomic E-state index is 0.00854. The lowest BCUT2D eigenvalue weighted by atomic mass is 9.97. The van der Waals surface area contributed by atoms with Crippen molar-refractivity contribution >= 4 is 5.97 Å². The zero-order valence-electron chi connectivity index (χ0n) is 9.04. The molecule has 2 rings (SSSR count). The van der Waals surface area contributed by atoms with E-state index in [-0.39, 0.29) is 24.1 Å². The Morgan fingerprint density at radius 2 is 2.06 bits per heavy atom. The summed E-state index contributed by atoms with van der Waals surface area (Å²) in [6, 6.07) is 2.55. The van der Waals surface area contributed by atoms with Gasteiger partial charge in [-0.25, -0.2) is 9.78 Å². The van der Waals surface area contributed by atoms with E-state index in [4.69, 9.17) is 0 Å². The average Bonchev–Trinajstić information content (AvgIpc) is 3.08. The van der Waals surface area contributed by atoms with E-state index in [1.807, 2.05) is 0 Å². The van der Waals surface area contributed by atoms with Gasteiger partial charge in [0, 0.05) is 6.20 Å². The first-order chi connectivity index (χ1) is 7.90. The standard InChI is InChI=1S/C11H10F3NO2/c1-17-9(16)8-3-2-7(6-15-8)10(4-5-10)11(12,13)14/h2-3,6H,4-5H2,1H3. The van der Waals surface area contributed by atoms with Crippen LogP contribution in [0.5, 0.6) is 0 Å². The largest absolute Gasteiger partial charge is 0.464 e.